The monoisotopic (exact) mass is 273 g/mol. The molecule has 0 aliphatic heterocycles. The van der Waals surface area contributed by atoms with E-state index in [0.29, 0.717) is 5.56 Å². The van der Waals surface area contributed by atoms with Crippen LogP contribution in [0.3, 0.4) is 0 Å². The molecule has 1 rings (SSSR count). The van der Waals surface area contributed by atoms with Gasteiger partial charge in [0.1, 0.15) is 0 Å². The molecular weight excluding hydrogens is 265 g/mol. The van der Waals surface area contributed by atoms with Gasteiger partial charge in [-0.05, 0) is 25.5 Å². The van der Waals surface area contributed by atoms with Crippen LogP contribution in [-0.4, -0.2) is 12.4 Å². The third-order valence-electron chi connectivity index (χ3n) is 2.41. The second kappa shape index (κ2) is 4.13. The molecule has 0 nitrogen and oxygen atoms in total. The van der Waals surface area contributed by atoms with E-state index in [9.17, 15) is 30.7 Å². The highest BCUT2D eigenvalue weighted by molar-refractivity contribution is 5.36. The maximum atomic E-state index is 13.6. The number of rotatable bonds is 1. The number of halogens is 7. The molecule has 18 heavy (non-hydrogen) atoms. The van der Waals surface area contributed by atoms with E-state index >= 15 is 0 Å². The van der Waals surface area contributed by atoms with E-state index in [4.69, 9.17) is 0 Å². The Hall–Kier alpha value is -1.27. The molecule has 0 aromatic heterocycles. The summed E-state index contributed by atoms with van der Waals surface area (Å²) < 4.78 is 88.4. The van der Waals surface area contributed by atoms with Gasteiger partial charge in [-0.25, -0.2) is 4.39 Å². The fourth-order valence-corrected chi connectivity index (χ4v) is 1.57. The van der Waals surface area contributed by atoms with Gasteiger partial charge in [0.15, 0.2) is 0 Å². The third-order valence-corrected chi connectivity index (χ3v) is 2.41. The minimum absolute atomic E-state index is 0.392. The number of hydrogen-bond donors (Lipinski definition) is 0. The average molecular weight is 273 g/mol. The van der Waals surface area contributed by atoms with Crippen LogP contribution < -0.4 is 0 Å². The summed E-state index contributed by atoms with van der Waals surface area (Å²) in [4.78, 5) is 0. The summed E-state index contributed by atoms with van der Waals surface area (Å²) in [5, 5.41) is 0. The highest BCUT2D eigenvalue weighted by Crippen LogP contribution is 2.53. The largest absolute Gasteiger partial charge is 0.435 e. The van der Waals surface area contributed by atoms with Crippen molar-refractivity contribution in [1.29, 1.82) is 0 Å². The second-order valence-electron chi connectivity index (χ2n) is 3.89. The Morgan fingerprint density at radius 1 is 0.889 bits per heavy atom. The lowest BCUT2D eigenvalue weighted by Crippen LogP contribution is -2.50. The molecule has 1 radical (unpaired) electrons. The van der Waals surface area contributed by atoms with Crippen LogP contribution >= 0.6 is 0 Å². The van der Waals surface area contributed by atoms with Crippen molar-refractivity contribution < 1.29 is 30.7 Å². The van der Waals surface area contributed by atoms with Crippen LogP contribution in [0.15, 0.2) is 12.1 Å². The summed E-state index contributed by atoms with van der Waals surface area (Å²) >= 11 is 0. The van der Waals surface area contributed by atoms with Crippen LogP contribution in [0.2, 0.25) is 0 Å². The molecule has 0 atom stereocenters. The molecule has 0 spiro atoms. The maximum Gasteiger partial charge on any atom is 0.435 e. The molecule has 0 aliphatic carbocycles. The van der Waals surface area contributed by atoms with Gasteiger partial charge in [-0.2, -0.15) is 26.3 Å². The van der Waals surface area contributed by atoms with Gasteiger partial charge in [-0.3, -0.25) is 0 Å². The first-order chi connectivity index (χ1) is 7.91. The smallest absolute Gasteiger partial charge is 0.218 e. The van der Waals surface area contributed by atoms with Crippen molar-refractivity contribution in [2.75, 3.05) is 0 Å². The molecule has 101 valence electrons. The van der Waals surface area contributed by atoms with Gasteiger partial charge < -0.3 is 0 Å². The SMILES string of the molecule is Cc1c[c]c(C(F)(C(F)(F)F)C(F)(F)F)c(C)c1. The summed E-state index contributed by atoms with van der Waals surface area (Å²) in [6.07, 6.45) is -12.2. The number of hydrogen-bond acceptors (Lipinski definition) is 0. The molecule has 0 saturated carbocycles. The van der Waals surface area contributed by atoms with Gasteiger partial charge in [-0.1, -0.05) is 17.7 Å². The molecule has 0 amide bonds. The Kier molecular flexibility index (Phi) is 3.40. The zero-order valence-corrected chi connectivity index (χ0v) is 9.30. The Bertz CT molecular complexity index is 428. The van der Waals surface area contributed by atoms with Crippen molar-refractivity contribution in [2.45, 2.75) is 31.9 Å². The van der Waals surface area contributed by atoms with Gasteiger partial charge >= 0.3 is 18.0 Å². The van der Waals surface area contributed by atoms with Gasteiger partial charge in [0, 0.05) is 5.56 Å². The van der Waals surface area contributed by atoms with Crippen molar-refractivity contribution in [3.8, 4) is 0 Å². The highest BCUT2D eigenvalue weighted by atomic mass is 19.4. The Morgan fingerprint density at radius 2 is 1.33 bits per heavy atom. The molecule has 0 bridgehead atoms. The number of benzene rings is 1. The molecule has 0 unspecified atom stereocenters. The standard InChI is InChI=1S/C11H8F7/c1-6-3-4-8(7(2)5-6)9(12,10(13,14)15)11(16,17)18/h3,5H,1-2H3. The summed E-state index contributed by atoms with van der Waals surface area (Å²) in [7, 11) is 0. The second-order valence-corrected chi connectivity index (χ2v) is 3.89. The van der Waals surface area contributed by atoms with Crippen LogP contribution in [0, 0.1) is 19.9 Å². The van der Waals surface area contributed by atoms with E-state index in [0.717, 1.165) is 19.1 Å². The first-order valence-corrected chi connectivity index (χ1v) is 4.73. The lowest BCUT2D eigenvalue weighted by Gasteiger charge is -2.31. The molecule has 0 fully saturated rings. The third kappa shape index (κ3) is 2.18. The fourth-order valence-electron chi connectivity index (χ4n) is 1.57. The normalized spacial score (nSPS) is 13.8. The van der Waals surface area contributed by atoms with Crippen molar-refractivity contribution in [2.24, 2.45) is 0 Å². The number of alkyl halides is 7. The number of aryl methyl sites for hydroxylation is 2. The molecule has 1 aromatic rings. The van der Waals surface area contributed by atoms with Crippen LogP contribution in [-0.2, 0) is 5.67 Å². The van der Waals surface area contributed by atoms with Crippen LogP contribution in [0.25, 0.3) is 0 Å². The molecule has 0 heterocycles. The van der Waals surface area contributed by atoms with Gasteiger partial charge in [-0.15, -0.1) is 0 Å². The quantitative estimate of drug-likeness (QED) is 0.665. The van der Waals surface area contributed by atoms with Gasteiger partial charge in [0.05, 0.1) is 0 Å². The zero-order chi connectivity index (χ0) is 14.4. The van der Waals surface area contributed by atoms with Crippen molar-refractivity contribution in [3.05, 3.63) is 34.9 Å². The van der Waals surface area contributed by atoms with Crippen LogP contribution in [0.4, 0.5) is 30.7 Å². The van der Waals surface area contributed by atoms with Crippen LogP contribution in [0.1, 0.15) is 16.7 Å². The predicted molar refractivity (Wildman–Crippen MR) is 49.6 cm³/mol. The zero-order valence-electron chi connectivity index (χ0n) is 9.30. The molecule has 0 aliphatic rings. The summed E-state index contributed by atoms with van der Waals surface area (Å²) in [5.41, 5.74) is -7.01. The van der Waals surface area contributed by atoms with Crippen molar-refractivity contribution in [3.63, 3.8) is 0 Å². The van der Waals surface area contributed by atoms with E-state index in [1.807, 2.05) is 0 Å². The Balaban J connectivity index is 3.56. The summed E-state index contributed by atoms with van der Waals surface area (Å²) in [5.74, 6) is 0. The first-order valence-electron chi connectivity index (χ1n) is 4.73. The molecule has 0 N–H and O–H groups in total. The highest BCUT2D eigenvalue weighted by Gasteiger charge is 2.73. The first kappa shape index (κ1) is 14.8. The fraction of sp³-hybridized carbons (Fsp3) is 0.455. The molecule has 1 aromatic carbocycles. The molecule has 7 heteroatoms. The maximum absolute atomic E-state index is 13.6. The summed E-state index contributed by atoms with van der Waals surface area (Å²) in [6.45, 7) is 2.43. The molecule has 0 saturated heterocycles. The van der Waals surface area contributed by atoms with Crippen LogP contribution in [0.5, 0.6) is 0 Å². The minimum Gasteiger partial charge on any atom is -0.218 e. The van der Waals surface area contributed by atoms with E-state index in [1.54, 1.807) is 6.07 Å². The minimum atomic E-state index is -6.10. The predicted octanol–water partition coefficient (Wildman–Crippen LogP) is 4.39. The van der Waals surface area contributed by atoms with E-state index in [2.05, 4.69) is 0 Å². The average Bonchev–Trinajstić information content (AvgIpc) is 2.12. The lowest BCUT2D eigenvalue weighted by atomic mass is 9.89. The lowest BCUT2D eigenvalue weighted by molar-refractivity contribution is -0.349. The molecular formula is C11H8F7. The van der Waals surface area contributed by atoms with E-state index in [1.165, 1.54) is 6.92 Å². The Labute approximate surface area is 98.4 Å². The van der Waals surface area contributed by atoms with E-state index in [-0.39, 0.29) is 0 Å². The topological polar surface area (TPSA) is 0 Å². The van der Waals surface area contributed by atoms with Crippen molar-refractivity contribution >= 4 is 0 Å². The van der Waals surface area contributed by atoms with Gasteiger partial charge in [0.25, 0.3) is 0 Å². The summed E-state index contributed by atoms with van der Waals surface area (Å²) in [6, 6.07) is 3.67. The van der Waals surface area contributed by atoms with Gasteiger partial charge in [0.2, 0.25) is 0 Å². The van der Waals surface area contributed by atoms with E-state index < -0.39 is 29.1 Å². The van der Waals surface area contributed by atoms with Crippen molar-refractivity contribution in [1.82, 2.24) is 0 Å². The Morgan fingerprint density at radius 3 is 1.67 bits per heavy atom.